The van der Waals surface area contributed by atoms with Gasteiger partial charge in [0.2, 0.25) is 0 Å². The van der Waals surface area contributed by atoms with Gasteiger partial charge in [0.1, 0.15) is 0 Å². The fourth-order valence-electron chi connectivity index (χ4n) is 2.69. The van der Waals surface area contributed by atoms with Gasteiger partial charge >= 0.3 is 5.97 Å². The van der Waals surface area contributed by atoms with E-state index in [0.29, 0.717) is 18.3 Å². The summed E-state index contributed by atoms with van der Waals surface area (Å²) in [7, 11) is 0. The van der Waals surface area contributed by atoms with Gasteiger partial charge in [0.25, 0.3) is 0 Å². The van der Waals surface area contributed by atoms with Crippen LogP contribution in [-0.4, -0.2) is 34.5 Å². The maximum absolute atomic E-state index is 10.7. The second-order valence-electron chi connectivity index (χ2n) is 5.29. The van der Waals surface area contributed by atoms with E-state index in [0.717, 1.165) is 32.3 Å². The summed E-state index contributed by atoms with van der Waals surface area (Å²) in [4.78, 5) is 10.7. The van der Waals surface area contributed by atoms with Crippen molar-refractivity contribution >= 4 is 5.97 Å². The standard InChI is InChI=1S/C14H22N2O4/c1-3-14(4-2)8-10(5-6-19-14)15-9-11-7-12(13(17)18)16-20-11/h7,10,15H,3-6,8-9H2,1-2H3,(H,17,18). The Morgan fingerprint density at radius 2 is 2.30 bits per heavy atom. The van der Waals surface area contributed by atoms with Gasteiger partial charge in [-0.1, -0.05) is 19.0 Å². The van der Waals surface area contributed by atoms with Gasteiger partial charge < -0.3 is 19.7 Å². The molecule has 1 saturated heterocycles. The molecule has 1 aromatic rings. The van der Waals surface area contributed by atoms with Crippen molar-refractivity contribution in [2.24, 2.45) is 0 Å². The molecule has 0 aromatic carbocycles. The van der Waals surface area contributed by atoms with Crippen molar-refractivity contribution in [3.05, 3.63) is 17.5 Å². The summed E-state index contributed by atoms with van der Waals surface area (Å²) >= 11 is 0. The Hall–Kier alpha value is -1.40. The lowest BCUT2D eigenvalue weighted by molar-refractivity contribution is -0.0933. The molecule has 1 atom stereocenters. The minimum Gasteiger partial charge on any atom is -0.476 e. The Bertz CT molecular complexity index is 454. The molecule has 1 aliphatic rings. The molecule has 0 aliphatic carbocycles. The van der Waals surface area contributed by atoms with Gasteiger partial charge in [0.15, 0.2) is 11.5 Å². The normalized spacial score (nSPS) is 21.8. The highest BCUT2D eigenvalue weighted by Crippen LogP contribution is 2.31. The number of carboxylic acid groups (broad SMARTS) is 1. The van der Waals surface area contributed by atoms with Crippen LogP contribution in [0.2, 0.25) is 0 Å². The van der Waals surface area contributed by atoms with Gasteiger partial charge in [-0.25, -0.2) is 4.79 Å². The molecule has 1 unspecified atom stereocenters. The molecule has 2 rings (SSSR count). The maximum Gasteiger partial charge on any atom is 0.358 e. The Labute approximate surface area is 118 Å². The van der Waals surface area contributed by atoms with Crippen LogP contribution in [0.3, 0.4) is 0 Å². The van der Waals surface area contributed by atoms with Crippen LogP contribution in [0.1, 0.15) is 55.8 Å². The Kier molecular flexibility index (Phi) is 4.77. The van der Waals surface area contributed by atoms with Crippen LogP contribution in [0.15, 0.2) is 10.6 Å². The lowest BCUT2D eigenvalue weighted by atomic mass is 9.86. The van der Waals surface area contributed by atoms with Gasteiger partial charge in [-0.3, -0.25) is 0 Å². The minimum absolute atomic E-state index is 0.0243. The van der Waals surface area contributed by atoms with Crippen molar-refractivity contribution < 1.29 is 19.2 Å². The number of aromatic carboxylic acids is 1. The highest BCUT2D eigenvalue weighted by Gasteiger charge is 2.34. The predicted molar refractivity (Wildman–Crippen MR) is 72.6 cm³/mol. The predicted octanol–water partition coefficient (Wildman–Crippen LogP) is 2.20. The van der Waals surface area contributed by atoms with Gasteiger partial charge in [0.05, 0.1) is 12.1 Å². The second-order valence-corrected chi connectivity index (χ2v) is 5.29. The van der Waals surface area contributed by atoms with E-state index in [1.807, 2.05) is 0 Å². The molecule has 2 heterocycles. The molecule has 0 spiro atoms. The van der Waals surface area contributed by atoms with E-state index >= 15 is 0 Å². The average molecular weight is 282 g/mol. The van der Waals surface area contributed by atoms with Gasteiger partial charge in [-0.15, -0.1) is 0 Å². The first-order valence-corrected chi connectivity index (χ1v) is 7.15. The van der Waals surface area contributed by atoms with Crippen LogP contribution in [-0.2, 0) is 11.3 Å². The molecule has 1 aliphatic heterocycles. The molecule has 0 bridgehead atoms. The monoisotopic (exact) mass is 282 g/mol. The van der Waals surface area contributed by atoms with Crippen LogP contribution in [0, 0.1) is 0 Å². The zero-order valence-corrected chi connectivity index (χ0v) is 12.0. The number of ether oxygens (including phenoxy) is 1. The first-order valence-electron chi connectivity index (χ1n) is 7.15. The Morgan fingerprint density at radius 3 is 2.90 bits per heavy atom. The molecule has 2 N–H and O–H groups in total. The minimum atomic E-state index is -1.07. The number of hydrogen-bond donors (Lipinski definition) is 2. The molecule has 6 nitrogen and oxygen atoms in total. The molecule has 0 radical (unpaired) electrons. The molecule has 6 heteroatoms. The second kappa shape index (κ2) is 6.37. The Morgan fingerprint density at radius 1 is 1.55 bits per heavy atom. The van der Waals surface area contributed by atoms with E-state index in [-0.39, 0.29) is 11.3 Å². The fraction of sp³-hybridized carbons (Fsp3) is 0.714. The van der Waals surface area contributed by atoms with Gasteiger partial charge in [-0.2, -0.15) is 0 Å². The van der Waals surface area contributed by atoms with Gasteiger partial charge in [0, 0.05) is 18.7 Å². The first-order chi connectivity index (χ1) is 9.58. The average Bonchev–Trinajstić information content (AvgIpc) is 2.94. The summed E-state index contributed by atoms with van der Waals surface area (Å²) in [5.74, 6) is -0.519. The van der Waals surface area contributed by atoms with E-state index in [9.17, 15) is 4.79 Å². The van der Waals surface area contributed by atoms with Crippen molar-refractivity contribution in [3.63, 3.8) is 0 Å². The van der Waals surface area contributed by atoms with Crippen molar-refractivity contribution in [1.29, 1.82) is 0 Å². The summed E-state index contributed by atoms with van der Waals surface area (Å²) in [6, 6.07) is 1.82. The summed E-state index contributed by atoms with van der Waals surface area (Å²) < 4.78 is 10.9. The highest BCUT2D eigenvalue weighted by molar-refractivity contribution is 5.85. The highest BCUT2D eigenvalue weighted by atomic mass is 16.5. The number of nitrogens with zero attached hydrogens (tertiary/aromatic N) is 1. The number of carbonyl (C=O) groups is 1. The van der Waals surface area contributed by atoms with Crippen LogP contribution < -0.4 is 5.32 Å². The van der Waals surface area contributed by atoms with E-state index in [1.165, 1.54) is 6.07 Å². The molecular formula is C14H22N2O4. The Balaban J connectivity index is 1.88. The van der Waals surface area contributed by atoms with E-state index < -0.39 is 5.97 Å². The molecule has 1 aromatic heterocycles. The zero-order chi connectivity index (χ0) is 14.6. The first kappa shape index (κ1) is 15.0. The summed E-state index contributed by atoms with van der Waals surface area (Å²) in [5.41, 5.74) is -0.0750. The van der Waals surface area contributed by atoms with E-state index in [2.05, 4.69) is 24.3 Å². The SMILES string of the molecule is CCC1(CC)CC(NCc2cc(C(=O)O)no2)CCO1. The smallest absolute Gasteiger partial charge is 0.358 e. The van der Waals surface area contributed by atoms with Crippen LogP contribution in [0.5, 0.6) is 0 Å². The van der Waals surface area contributed by atoms with Crippen LogP contribution in [0.25, 0.3) is 0 Å². The molecule has 0 amide bonds. The quantitative estimate of drug-likeness (QED) is 0.832. The summed E-state index contributed by atoms with van der Waals surface area (Å²) in [6.07, 6.45) is 3.95. The lowest BCUT2D eigenvalue weighted by Crippen LogP contribution is -2.46. The zero-order valence-electron chi connectivity index (χ0n) is 12.0. The third-order valence-corrected chi connectivity index (χ3v) is 4.12. The van der Waals surface area contributed by atoms with Crippen molar-refractivity contribution in [2.75, 3.05) is 6.61 Å². The summed E-state index contributed by atoms with van der Waals surface area (Å²) in [5, 5.41) is 15.7. The maximum atomic E-state index is 10.7. The number of rotatable bonds is 6. The van der Waals surface area contributed by atoms with Crippen LogP contribution >= 0.6 is 0 Å². The third kappa shape index (κ3) is 3.37. The molecule has 112 valence electrons. The molecule has 0 saturated carbocycles. The van der Waals surface area contributed by atoms with Crippen molar-refractivity contribution in [3.8, 4) is 0 Å². The summed E-state index contributed by atoms with van der Waals surface area (Å²) in [6.45, 7) is 5.56. The lowest BCUT2D eigenvalue weighted by Gasteiger charge is -2.40. The van der Waals surface area contributed by atoms with Crippen LogP contribution in [0.4, 0.5) is 0 Å². The largest absolute Gasteiger partial charge is 0.476 e. The molecule has 20 heavy (non-hydrogen) atoms. The molecule has 1 fully saturated rings. The van der Waals surface area contributed by atoms with Crippen molar-refractivity contribution in [1.82, 2.24) is 10.5 Å². The number of hydrogen-bond acceptors (Lipinski definition) is 5. The number of carboxylic acids is 1. The van der Waals surface area contributed by atoms with Crippen molar-refractivity contribution in [2.45, 2.75) is 57.7 Å². The molecular weight excluding hydrogens is 260 g/mol. The third-order valence-electron chi connectivity index (χ3n) is 4.12. The van der Waals surface area contributed by atoms with E-state index in [1.54, 1.807) is 0 Å². The topological polar surface area (TPSA) is 84.6 Å². The number of aromatic nitrogens is 1. The fourth-order valence-corrected chi connectivity index (χ4v) is 2.69. The van der Waals surface area contributed by atoms with Gasteiger partial charge in [-0.05, 0) is 25.7 Å². The number of nitrogens with one attached hydrogen (secondary N) is 1. The van der Waals surface area contributed by atoms with E-state index in [4.69, 9.17) is 14.4 Å².